The molecule has 0 aromatic rings. The van der Waals surface area contributed by atoms with Crippen LogP contribution in [0.15, 0.2) is 20.0 Å². The van der Waals surface area contributed by atoms with Crippen molar-refractivity contribution in [2.45, 2.75) is 181 Å². The molecular formula is C55H102N18O11. The third-order valence-electron chi connectivity index (χ3n) is 14.3. The molecule has 0 aromatic carbocycles. The number of ketones is 4. The highest BCUT2D eigenvalue weighted by Gasteiger charge is 2.35. The quantitative estimate of drug-likeness (QED) is 0.0191. The highest BCUT2D eigenvalue weighted by molar-refractivity contribution is 5.97. The molecule has 0 aliphatic rings. The highest BCUT2D eigenvalue weighted by Crippen LogP contribution is 2.23. The summed E-state index contributed by atoms with van der Waals surface area (Å²) < 4.78 is 0. The molecule has 0 bridgehead atoms. The molecule has 9 atom stereocenters. The molecule has 5 amide bonds. The molecular weight excluding hydrogens is 1090 g/mol. The minimum atomic E-state index is -1.22. The zero-order valence-electron chi connectivity index (χ0n) is 50.3. The normalized spacial score (nSPS) is 14.3. The van der Waals surface area contributed by atoms with E-state index in [1.54, 1.807) is 6.92 Å². The van der Waals surface area contributed by atoms with Gasteiger partial charge in [0, 0.05) is 87.9 Å². The Balaban J connectivity index is 6.71. The molecule has 0 fully saturated rings. The molecule has 0 saturated carbocycles. The summed E-state index contributed by atoms with van der Waals surface area (Å²) in [6.07, 6.45) is 1.92. The van der Waals surface area contributed by atoms with Crippen molar-refractivity contribution in [1.82, 2.24) is 21.3 Å². The molecule has 29 heteroatoms. The summed E-state index contributed by atoms with van der Waals surface area (Å²) in [6.45, 7) is 9.50. The molecule has 0 spiro atoms. The van der Waals surface area contributed by atoms with Crippen molar-refractivity contribution in [1.29, 1.82) is 0 Å². The number of rotatable bonds is 49. The van der Waals surface area contributed by atoms with E-state index in [0.29, 0.717) is 51.5 Å². The lowest BCUT2D eigenvalue weighted by atomic mass is 9.87. The van der Waals surface area contributed by atoms with Gasteiger partial charge in [-0.15, -0.1) is 0 Å². The Kier molecular flexibility index (Phi) is 39.4. The summed E-state index contributed by atoms with van der Waals surface area (Å²) in [5, 5.41) is 20.6. The lowest BCUT2D eigenvalue weighted by Crippen LogP contribution is -2.48. The number of Topliss-reactive ketones (excluding diaryl/α,β-unsaturated/α-hetero) is 4. The molecule has 0 aliphatic carbocycles. The minimum Gasteiger partial charge on any atom is -0.481 e. The van der Waals surface area contributed by atoms with Gasteiger partial charge < -0.3 is 83.7 Å². The molecule has 25 N–H and O–H groups in total. The van der Waals surface area contributed by atoms with Gasteiger partial charge in [-0.05, 0) is 102 Å². The number of carboxylic acids is 1. The summed E-state index contributed by atoms with van der Waals surface area (Å²) >= 11 is 0. The van der Waals surface area contributed by atoms with Gasteiger partial charge >= 0.3 is 5.97 Å². The fourth-order valence-corrected chi connectivity index (χ4v) is 9.37. The van der Waals surface area contributed by atoms with E-state index in [0.717, 1.165) is 0 Å². The van der Waals surface area contributed by atoms with Gasteiger partial charge in [-0.1, -0.05) is 47.5 Å². The topological polar surface area (TPSA) is 549 Å². The summed E-state index contributed by atoms with van der Waals surface area (Å²) in [5.41, 5.74) is 55.3. The van der Waals surface area contributed by atoms with Crippen LogP contribution in [-0.2, 0) is 47.9 Å². The average molecular weight is 1190 g/mol. The lowest BCUT2D eigenvalue weighted by Gasteiger charge is -2.27. The second-order valence-corrected chi connectivity index (χ2v) is 21.9. The Bertz CT molecular complexity index is 2230. The molecule has 0 aliphatic heterocycles. The van der Waals surface area contributed by atoms with Crippen molar-refractivity contribution in [3.63, 3.8) is 0 Å². The number of unbranched alkanes of at least 4 members (excludes halogenated alkanes) is 1. The highest BCUT2D eigenvalue weighted by atomic mass is 16.4. The maximum atomic E-state index is 14.5. The molecule has 0 heterocycles. The molecule has 478 valence electrons. The Labute approximate surface area is 494 Å². The van der Waals surface area contributed by atoms with Gasteiger partial charge in [0.25, 0.3) is 0 Å². The number of nitrogens with zero attached hydrogens (tertiary/aromatic N) is 4. The SMILES string of the molecule is CC[C@@H](CCCN=C(N)N)C(=O)N[C@H](C(=O)C[C@@H](CCC(=O)O)C(=O)NCC(=O)C[C@@H](CC(C)C)C(=O)N[C@@H](CCCN=C(N)N)C(=O)C[C@@H](CCCCN)C(=O)N[C@@H](CCCN=C(N)N)C(=O)C[C@@H](CCCN=C(N)N)C(N)=O)[C@@H](C)CC. The van der Waals surface area contributed by atoms with Gasteiger partial charge in [0.15, 0.2) is 47.0 Å². The first kappa shape index (κ1) is 76.5. The maximum Gasteiger partial charge on any atom is 0.303 e. The number of guanidine groups is 4. The summed E-state index contributed by atoms with van der Waals surface area (Å²) in [5.74, 6) is -12.2. The number of carbonyl (C=O) groups is 10. The smallest absolute Gasteiger partial charge is 0.303 e. The second kappa shape index (κ2) is 43.2. The van der Waals surface area contributed by atoms with Crippen LogP contribution in [0.4, 0.5) is 0 Å². The number of hydrogen-bond donors (Lipinski definition) is 15. The Morgan fingerprint density at radius 3 is 1.30 bits per heavy atom. The van der Waals surface area contributed by atoms with Crippen LogP contribution in [0.5, 0.6) is 0 Å². The summed E-state index contributed by atoms with van der Waals surface area (Å²) in [6, 6.07) is -3.36. The van der Waals surface area contributed by atoms with E-state index < -0.39 is 126 Å². The van der Waals surface area contributed by atoms with Crippen molar-refractivity contribution >= 4 is 82.5 Å². The largest absolute Gasteiger partial charge is 0.481 e. The van der Waals surface area contributed by atoms with E-state index in [2.05, 4.69) is 41.2 Å². The van der Waals surface area contributed by atoms with E-state index in [1.165, 1.54) is 0 Å². The predicted molar refractivity (Wildman–Crippen MR) is 323 cm³/mol. The van der Waals surface area contributed by atoms with Gasteiger partial charge in [0.05, 0.1) is 24.7 Å². The Morgan fingerprint density at radius 1 is 0.452 bits per heavy atom. The first-order valence-electron chi connectivity index (χ1n) is 29.3. The number of primary amides is 1. The van der Waals surface area contributed by atoms with Gasteiger partial charge in [-0.2, -0.15) is 0 Å². The fraction of sp³-hybridized carbons (Fsp3) is 0.745. The number of carbonyl (C=O) groups excluding carboxylic acids is 9. The monoisotopic (exact) mass is 1190 g/mol. The van der Waals surface area contributed by atoms with Crippen molar-refractivity contribution in [3.05, 3.63) is 0 Å². The average Bonchev–Trinajstić information content (AvgIpc) is 3.56. The van der Waals surface area contributed by atoms with Crippen molar-refractivity contribution < 1.29 is 53.1 Å². The predicted octanol–water partition coefficient (Wildman–Crippen LogP) is -1.33. The van der Waals surface area contributed by atoms with Gasteiger partial charge in [-0.3, -0.25) is 67.9 Å². The number of aliphatic carboxylic acids is 1. The number of carboxylic acid groups (broad SMARTS) is 1. The molecule has 0 aromatic heterocycles. The van der Waals surface area contributed by atoms with Gasteiger partial charge in [0.1, 0.15) is 0 Å². The Hall–Kier alpha value is -7.46. The van der Waals surface area contributed by atoms with Crippen LogP contribution in [-0.4, -0.2) is 145 Å². The van der Waals surface area contributed by atoms with Crippen molar-refractivity contribution in [2.24, 2.45) is 119 Å². The molecule has 0 saturated heterocycles. The number of amides is 5. The van der Waals surface area contributed by atoms with Crippen molar-refractivity contribution in [2.75, 3.05) is 39.3 Å². The van der Waals surface area contributed by atoms with Crippen LogP contribution in [0.1, 0.15) is 163 Å². The van der Waals surface area contributed by atoms with Crippen LogP contribution in [0.3, 0.4) is 0 Å². The van der Waals surface area contributed by atoms with E-state index in [4.69, 9.17) is 57.3 Å². The van der Waals surface area contributed by atoms with Crippen LogP contribution >= 0.6 is 0 Å². The van der Waals surface area contributed by atoms with E-state index in [1.807, 2.05) is 27.7 Å². The minimum absolute atomic E-state index is 0.0123. The van der Waals surface area contributed by atoms with E-state index in [9.17, 15) is 53.1 Å². The standard InChI is InChI=1S/C55H102N18O11/c1-6-33(5)46(73-49(82)34(7-2)15-10-22-66-52(58)59)44(77)30-37(19-20-45(78)79)48(81)70-31-39(74)27-38(26-32(3)4)51(84)72-41(18-13-25-69-55(64)65)43(76)29-36(14-8-9-21-56)50(83)71-40(17-12-24-68-54(62)63)42(75)28-35(47(57)80)16-11-23-67-53(60)61/h32-38,40-41,46H,6-31,56H2,1-5H3,(H2,57,80)(H,70,81)(H,71,83)(H,72,84)(H,73,82)(H,78,79)(H4,58,59,66)(H4,60,61,67)(H4,62,63,68)(H4,64,65,69)/t33-,34-,35+,36+,37+,38+,40-,41-,46-/m0/s1. The maximum absolute atomic E-state index is 14.5. The zero-order valence-corrected chi connectivity index (χ0v) is 50.3. The summed E-state index contributed by atoms with van der Waals surface area (Å²) in [4.78, 5) is 152. The summed E-state index contributed by atoms with van der Waals surface area (Å²) in [7, 11) is 0. The fourth-order valence-electron chi connectivity index (χ4n) is 9.37. The van der Waals surface area contributed by atoms with Crippen LogP contribution < -0.4 is 78.6 Å². The number of nitrogens with two attached hydrogens (primary N) is 10. The van der Waals surface area contributed by atoms with Crippen LogP contribution in [0.2, 0.25) is 0 Å². The third kappa shape index (κ3) is 34.9. The lowest BCUT2D eigenvalue weighted by molar-refractivity contribution is -0.138. The molecule has 0 rings (SSSR count). The van der Waals surface area contributed by atoms with Gasteiger partial charge in [-0.25, -0.2) is 0 Å². The van der Waals surface area contributed by atoms with Gasteiger partial charge in [0.2, 0.25) is 29.5 Å². The van der Waals surface area contributed by atoms with E-state index in [-0.39, 0.29) is 132 Å². The third-order valence-corrected chi connectivity index (χ3v) is 14.3. The van der Waals surface area contributed by atoms with Crippen molar-refractivity contribution in [3.8, 4) is 0 Å². The number of nitrogens with one attached hydrogen (secondary N) is 4. The molecule has 29 nitrogen and oxygen atoms in total. The second-order valence-electron chi connectivity index (χ2n) is 21.9. The Morgan fingerprint density at radius 2 is 0.869 bits per heavy atom. The van der Waals surface area contributed by atoms with Crippen LogP contribution in [0.25, 0.3) is 0 Å². The number of hydrogen-bond acceptors (Lipinski definition) is 15. The molecule has 84 heavy (non-hydrogen) atoms. The van der Waals surface area contributed by atoms with E-state index >= 15 is 0 Å². The number of aliphatic imine (C=N–C) groups is 4. The molecule has 0 unspecified atom stereocenters. The molecule has 0 radical (unpaired) electrons. The zero-order chi connectivity index (χ0) is 63.9. The first-order chi connectivity index (χ1) is 39.6. The van der Waals surface area contributed by atoms with Crippen LogP contribution in [0, 0.1) is 41.4 Å². The first-order valence-corrected chi connectivity index (χ1v) is 29.3.